The van der Waals surface area contributed by atoms with E-state index in [4.69, 9.17) is 5.11 Å². The number of aryl methyl sites for hydroxylation is 2. The Bertz CT molecular complexity index is 597. The summed E-state index contributed by atoms with van der Waals surface area (Å²) in [6.45, 7) is 3.89. The third kappa shape index (κ3) is 4.24. The van der Waals surface area contributed by atoms with Gasteiger partial charge in [0.25, 0.3) is 0 Å². The van der Waals surface area contributed by atoms with E-state index in [1.165, 1.54) is 11.8 Å². The van der Waals surface area contributed by atoms with Crippen LogP contribution >= 0.6 is 11.8 Å². The van der Waals surface area contributed by atoms with Crippen molar-refractivity contribution in [2.45, 2.75) is 31.6 Å². The molecule has 6 nitrogen and oxygen atoms in total. The van der Waals surface area contributed by atoms with E-state index >= 15 is 0 Å². The first-order chi connectivity index (χ1) is 10.3. The molecule has 0 unspecified atom stereocenters. The molecule has 22 heavy (non-hydrogen) atoms. The van der Waals surface area contributed by atoms with Crippen molar-refractivity contribution >= 4 is 35.2 Å². The molecule has 2 amide bonds. The van der Waals surface area contributed by atoms with Gasteiger partial charge in [-0.1, -0.05) is 6.07 Å². The second-order valence-corrected chi connectivity index (χ2v) is 6.59. The number of rotatable bonds is 4. The Hall–Kier alpha value is -2.02. The van der Waals surface area contributed by atoms with Crippen molar-refractivity contribution in [2.24, 2.45) is 0 Å². The average Bonchev–Trinajstić information content (AvgIpc) is 2.39. The second kappa shape index (κ2) is 6.83. The molecule has 0 aliphatic carbocycles. The maximum absolute atomic E-state index is 12.0. The molecule has 0 spiro atoms. The van der Waals surface area contributed by atoms with Crippen molar-refractivity contribution in [1.29, 1.82) is 0 Å². The highest BCUT2D eigenvalue weighted by Crippen LogP contribution is 2.22. The van der Waals surface area contributed by atoms with E-state index in [0.717, 1.165) is 11.1 Å². The topological polar surface area (TPSA) is 95.5 Å². The van der Waals surface area contributed by atoms with Gasteiger partial charge in [0.1, 0.15) is 6.04 Å². The Morgan fingerprint density at radius 1 is 1.32 bits per heavy atom. The first-order valence-corrected chi connectivity index (χ1v) is 7.93. The number of benzene rings is 1. The van der Waals surface area contributed by atoms with Crippen molar-refractivity contribution in [2.75, 3.05) is 11.1 Å². The summed E-state index contributed by atoms with van der Waals surface area (Å²) in [5.41, 5.74) is 2.79. The Labute approximate surface area is 132 Å². The van der Waals surface area contributed by atoms with Crippen molar-refractivity contribution < 1.29 is 19.5 Å². The van der Waals surface area contributed by atoms with E-state index in [0.29, 0.717) is 5.69 Å². The van der Waals surface area contributed by atoms with Crippen molar-refractivity contribution in [3.05, 3.63) is 29.3 Å². The van der Waals surface area contributed by atoms with Gasteiger partial charge in [0.05, 0.1) is 5.25 Å². The van der Waals surface area contributed by atoms with Crippen molar-refractivity contribution in [3.8, 4) is 0 Å². The van der Waals surface area contributed by atoms with E-state index in [-0.39, 0.29) is 18.1 Å². The van der Waals surface area contributed by atoms with Crippen LogP contribution in [0.2, 0.25) is 0 Å². The zero-order chi connectivity index (χ0) is 16.3. The lowest BCUT2D eigenvalue weighted by atomic mass is 10.1. The molecule has 1 heterocycles. The predicted octanol–water partition coefficient (Wildman–Crippen LogP) is 1.32. The summed E-state index contributed by atoms with van der Waals surface area (Å²) in [7, 11) is 0. The maximum Gasteiger partial charge on any atom is 0.327 e. The lowest BCUT2D eigenvalue weighted by Gasteiger charge is -2.25. The van der Waals surface area contributed by atoms with E-state index in [1.807, 2.05) is 32.0 Å². The van der Waals surface area contributed by atoms with Gasteiger partial charge in [-0.05, 0) is 37.1 Å². The number of hydrogen-bond acceptors (Lipinski definition) is 4. The number of amides is 2. The third-order valence-corrected chi connectivity index (χ3v) is 4.56. The molecule has 1 aromatic carbocycles. The minimum Gasteiger partial charge on any atom is -0.480 e. The number of carbonyl (C=O) groups excluding carboxylic acids is 2. The summed E-state index contributed by atoms with van der Waals surface area (Å²) in [5, 5.41) is 13.5. The summed E-state index contributed by atoms with van der Waals surface area (Å²) in [4.78, 5) is 34.7. The molecule has 0 saturated carbocycles. The summed E-state index contributed by atoms with van der Waals surface area (Å²) < 4.78 is 0. The molecule has 0 radical (unpaired) electrons. The Kier molecular flexibility index (Phi) is 5.07. The van der Waals surface area contributed by atoms with Gasteiger partial charge in [-0.2, -0.15) is 0 Å². The average molecular weight is 322 g/mol. The number of carbonyl (C=O) groups is 3. The summed E-state index contributed by atoms with van der Waals surface area (Å²) in [6, 6.07) is 4.85. The summed E-state index contributed by atoms with van der Waals surface area (Å²) >= 11 is 1.20. The fourth-order valence-corrected chi connectivity index (χ4v) is 3.45. The van der Waals surface area contributed by atoms with Gasteiger partial charge >= 0.3 is 5.97 Å². The monoisotopic (exact) mass is 322 g/mol. The number of hydrogen-bond donors (Lipinski definition) is 3. The summed E-state index contributed by atoms with van der Waals surface area (Å²) in [6.07, 6.45) is 0.0236. The molecule has 1 aliphatic heterocycles. The zero-order valence-electron chi connectivity index (χ0n) is 12.4. The van der Waals surface area contributed by atoms with Crippen LogP contribution in [0.5, 0.6) is 0 Å². The smallest absolute Gasteiger partial charge is 0.327 e. The molecule has 1 fully saturated rings. The highest BCUT2D eigenvalue weighted by molar-refractivity contribution is 8.00. The van der Waals surface area contributed by atoms with E-state index < -0.39 is 23.2 Å². The molecule has 1 saturated heterocycles. The Morgan fingerprint density at radius 2 is 1.95 bits per heavy atom. The third-order valence-electron chi connectivity index (χ3n) is 3.25. The molecular formula is C15H18N2O4S. The molecule has 7 heteroatoms. The maximum atomic E-state index is 12.0. The number of carboxylic acids is 1. The van der Waals surface area contributed by atoms with E-state index in [9.17, 15) is 14.4 Å². The number of anilines is 1. The SMILES string of the molecule is Cc1cc(C)cc(NC(=O)C[C@H]2SC[C@H](C(=O)O)NC2=O)c1. The van der Waals surface area contributed by atoms with E-state index in [2.05, 4.69) is 10.6 Å². The van der Waals surface area contributed by atoms with E-state index in [1.54, 1.807) is 0 Å². The van der Waals surface area contributed by atoms with Crippen LogP contribution in [-0.4, -0.2) is 39.9 Å². The molecule has 1 aliphatic rings. The van der Waals surface area contributed by atoms with Crippen LogP contribution in [0.15, 0.2) is 18.2 Å². The lowest BCUT2D eigenvalue weighted by Crippen LogP contribution is -2.51. The Balaban J connectivity index is 1.92. The van der Waals surface area contributed by atoms with Crippen LogP contribution in [0.1, 0.15) is 17.5 Å². The van der Waals surface area contributed by atoms with Crippen LogP contribution in [-0.2, 0) is 14.4 Å². The fraction of sp³-hybridized carbons (Fsp3) is 0.400. The standard InChI is InChI=1S/C15H18N2O4S/c1-8-3-9(2)5-10(4-8)16-13(18)6-12-14(19)17-11(7-22-12)15(20)21/h3-5,11-12H,6-7H2,1-2H3,(H,16,18)(H,17,19)(H,20,21)/t11-,12-/m1/s1. The molecular weight excluding hydrogens is 304 g/mol. The molecule has 1 aromatic rings. The minimum atomic E-state index is -1.06. The van der Waals surface area contributed by atoms with Gasteiger partial charge < -0.3 is 15.7 Å². The molecule has 2 rings (SSSR count). The van der Waals surface area contributed by atoms with Gasteiger partial charge in [-0.25, -0.2) is 4.79 Å². The molecule has 3 N–H and O–H groups in total. The van der Waals surface area contributed by atoms with Gasteiger partial charge in [0.2, 0.25) is 11.8 Å². The fourth-order valence-electron chi connectivity index (χ4n) is 2.31. The van der Waals surface area contributed by atoms with Crippen LogP contribution < -0.4 is 10.6 Å². The zero-order valence-corrected chi connectivity index (χ0v) is 13.2. The molecule has 0 bridgehead atoms. The molecule has 118 valence electrons. The first-order valence-electron chi connectivity index (χ1n) is 6.88. The number of nitrogens with one attached hydrogen (secondary N) is 2. The van der Waals surface area contributed by atoms with Gasteiger partial charge in [0.15, 0.2) is 0 Å². The molecule has 2 atom stereocenters. The summed E-state index contributed by atoms with van der Waals surface area (Å²) in [5.74, 6) is -1.45. The van der Waals surface area contributed by atoms with Crippen molar-refractivity contribution in [1.82, 2.24) is 5.32 Å². The number of thioether (sulfide) groups is 1. The number of carboxylic acid groups (broad SMARTS) is 1. The molecule has 0 aromatic heterocycles. The normalized spacial score (nSPS) is 21.1. The quantitative estimate of drug-likeness (QED) is 0.777. The highest BCUT2D eigenvalue weighted by Gasteiger charge is 2.33. The van der Waals surface area contributed by atoms with Crippen molar-refractivity contribution in [3.63, 3.8) is 0 Å². The van der Waals surface area contributed by atoms with Crippen LogP contribution in [0, 0.1) is 13.8 Å². The minimum absolute atomic E-state index is 0.0236. The highest BCUT2D eigenvalue weighted by atomic mass is 32.2. The predicted molar refractivity (Wildman–Crippen MR) is 85.0 cm³/mol. The van der Waals surface area contributed by atoms with Crippen LogP contribution in [0.4, 0.5) is 5.69 Å². The van der Waals surface area contributed by atoms with Crippen LogP contribution in [0.3, 0.4) is 0 Å². The Morgan fingerprint density at radius 3 is 2.50 bits per heavy atom. The van der Waals surface area contributed by atoms with Gasteiger partial charge in [-0.3, -0.25) is 9.59 Å². The first kappa shape index (κ1) is 16.4. The number of aliphatic carboxylic acids is 1. The second-order valence-electron chi connectivity index (χ2n) is 5.35. The lowest BCUT2D eigenvalue weighted by molar-refractivity contribution is -0.141. The van der Waals surface area contributed by atoms with Gasteiger partial charge in [-0.15, -0.1) is 11.8 Å². The van der Waals surface area contributed by atoms with Crippen LogP contribution in [0.25, 0.3) is 0 Å². The van der Waals surface area contributed by atoms with Gasteiger partial charge in [0, 0.05) is 17.9 Å². The largest absolute Gasteiger partial charge is 0.480 e.